The predicted molar refractivity (Wildman–Crippen MR) is 98.3 cm³/mol. The van der Waals surface area contributed by atoms with Crippen molar-refractivity contribution in [2.24, 2.45) is 22.7 Å². The predicted octanol–water partition coefficient (Wildman–Crippen LogP) is 3.73. The highest BCUT2D eigenvalue weighted by molar-refractivity contribution is 6.22. The molecule has 4 rings (SSSR count). The number of ketones is 2. The van der Waals surface area contributed by atoms with Crippen LogP contribution >= 0.6 is 0 Å². The third-order valence-electron chi connectivity index (χ3n) is 8.03. The van der Waals surface area contributed by atoms with Crippen molar-refractivity contribution in [2.75, 3.05) is 6.61 Å². The number of Topliss-reactive ketones (excluding diaryl/α,β-unsaturated/α-hetero) is 1. The van der Waals surface area contributed by atoms with Crippen molar-refractivity contribution < 1.29 is 19.4 Å². The van der Waals surface area contributed by atoms with E-state index in [0.717, 1.165) is 19.3 Å². The van der Waals surface area contributed by atoms with Gasteiger partial charge in [0, 0.05) is 17.1 Å². The lowest BCUT2D eigenvalue weighted by atomic mass is 9.44. The Balaban J connectivity index is 1.76. The molecule has 142 valence electrons. The largest absolute Gasteiger partial charge is 0.483 e. The highest BCUT2D eigenvalue weighted by atomic mass is 16.5. The summed E-state index contributed by atoms with van der Waals surface area (Å²) >= 11 is 0. The van der Waals surface area contributed by atoms with Crippen molar-refractivity contribution in [3.8, 4) is 0 Å². The van der Waals surface area contributed by atoms with E-state index in [-0.39, 0.29) is 34.2 Å². The lowest BCUT2D eigenvalue weighted by molar-refractivity contribution is -0.186. The molecule has 4 nitrogen and oxygen atoms in total. The number of aliphatic hydroxyl groups excluding tert-OH is 1. The maximum Gasteiger partial charge on any atom is 0.226 e. The zero-order valence-corrected chi connectivity index (χ0v) is 16.4. The molecular weight excluding hydrogens is 328 g/mol. The number of rotatable bonds is 1. The van der Waals surface area contributed by atoms with E-state index in [1.807, 2.05) is 0 Å². The second-order valence-corrected chi connectivity index (χ2v) is 9.94. The zero-order chi connectivity index (χ0) is 18.9. The van der Waals surface area contributed by atoms with Crippen LogP contribution in [0.25, 0.3) is 0 Å². The molecule has 0 amide bonds. The topological polar surface area (TPSA) is 63.6 Å². The number of hydrogen-bond acceptors (Lipinski definition) is 4. The van der Waals surface area contributed by atoms with Crippen LogP contribution < -0.4 is 0 Å². The lowest BCUT2D eigenvalue weighted by Crippen LogP contribution is -2.60. The van der Waals surface area contributed by atoms with E-state index in [1.54, 1.807) is 0 Å². The van der Waals surface area contributed by atoms with E-state index in [4.69, 9.17) is 4.74 Å². The fraction of sp³-hybridized carbons (Fsp3) is 0.727. The van der Waals surface area contributed by atoms with Gasteiger partial charge in [-0.2, -0.15) is 0 Å². The SMILES string of the molecule is CC1(C)CCC[C@]2(C)[C@H]3CC4=C(O[C@@]3(C)CC[C@@H]12)C(=O)C(CO)=CC4=O. The number of hydrogen-bond donors (Lipinski definition) is 1. The van der Waals surface area contributed by atoms with Gasteiger partial charge < -0.3 is 9.84 Å². The first-order chi connectivity index (χ1) is 12.1. The summed E-state index contributed by atoms with van der Waals surface area (Å²) in [5.41, 5.74) is 0.692. The summed E-state index contributed by atoms with van der Waals surface area (Å²) in [6, 6.07) is 0. The van der Waals surface area contributed by atoms with Crippen LogP contribution in [0.2, 0.25) is 0 Å². The van der Waals surface area contributed by atoms with Crippen LogP contribution in [0.5, 0.6) is 0 Å². The number of carbonyl (C=O) groups is 2. The number of allylic oxidation sites excluding steroid dienone is 3. The first kappa shape index (κ1) is 18.0. The van der Waals surface area contributed by atoms with Gasteiger partial charge >= 0.3 is 0 Å². The lowest BCUT2D eigenvalue weighted by Gasteiger charge is -2.63. The average molecular weight is 358 g/mol. The van der Waals surface area contributed by atoms with Gasteiger partial charge in [0.1, 0.15) is 5.60 Å². The Morgan fingerprint density at radius 2 is 1.85 bits per heavy atom. The molecule has 2 fully saturated rings. The molecule has 0 aromatic carbocycles. The monoisotopic (exact) mass is 358 g/mol. The van der Waals surface area contributed by atoms with Gasteiger partial charge in [0.15, 0.2) is 11.5 Å². The Bertz CT molecular complexity index is 743. The standard InChI is InChI=1S/C22H30O4/c1-20(2)7-5-8-21(3)16(20)6-9-22(4)17(21)11-14-15(24)10-13(12-23)18(25)19(14)26-22/h10,16-17,23H,5-9,11-12H2,1-4H3/t16-,17+,21-,22-/m0/s1. The molecule has 0 radical (unpaired) electrons. The van der Waals surface area contributed by atoms with Crippen molar-refractivity contribution in [1.29, 1.82) is 0 Å². The maximum absolute atomic E-state index is 12.7. The van der Waals surface area contributed by atoms with Gasteiger partial charge in [-0.05, 0) is 61.9 Å². The van der Waals surface area contributed by atoms with Gasteiger partial charge in [-0.1, -0.05) is 27.2 Å². The summed E-state index contributed by atoms with van der Waals surface area (Å²) in [6.45, 7) is 8.87. The molecule has 0 aromatic heterocycles. The van der Waals surface area contributed by atoms with Gasteiger partial charge in [0.2, 0.25) is 5.78 Å². The molecule has 1 heterocycles. The van der Waals surface area contributed by atoms with Gasteiger partial charge in [0.05, 0.1) is 6.61 Å². The fourth-order valence-corrected chi connectivity index (χ4v) is 6.74. The number of carbonyl (C=O) groups excluding carboxylic acids is 2. The van der Waals surface area contributed by atoms with Crippen LogP contribution in [0.15, 0.2) is 23.0 Å². The maximum atomic E-state index is 12.7. The molecule has 4 atom stereocenters. The molecule has 26 heavy (non-hydrogen) atoms. The highest BCUT2D eigenvalue weighted by Crippen LogP contribution is 2.65. The summed E-state index contributed by atoms with van der Waals surface area (Å²) in [4.78, 5) is 25.3. The van der Waals surface area contributed by atoms with Crippen molar-refractivity contribution in [3.63, 3.8) is 0 Å². The molecule has 4 heteroatoms. The molecule has 3 aliphatic carbocycles. The Hall–Kier alpha value is -1.42. The van der Waals surface area contributed by atoms with E-state index < -0.39 is 12.2 Å². The van der Waals surface area contributed by atoms with Crippen LogP contribution in [-0.4, -0.2) is 28.9 Å². The first-order valence-corrected chi connectivity index (χ1v) is 9.95. The molecule has 0 aromatic rings. The smallest absolute Gasteiger partial charge is 0.226 e. The Morgan fingerprint density at radius 3 is 2.54 bits per heavy atom. The second-order valence-electron chi connectivity index (χ2n) is 9.94. The minimum Gasteiger partial charge on any atom is -0.483 e. The van der Waals surface area contributed by atoms with E-state index in [9.17, 15) is 14.7 Å². The molecule has 0 unspecified atom stereocenters. The van der Waals surface area contributed by atoms with Crippen molar-refractivity contribution in [3.05, 3.63) is 23.0 Å². The third kappa shape index (κ3) is 2.30. The first-order valence-electron chi connectivity index (χ1n) is 9.95. The Labute approximate surface area is 155 Å². The summed E-state index contributed by atoms with van der Waals surface area (Å²) < 4.78 is 6.34. The summed E-state index contributed by atoms with van der Waals surface area (Å²) in [6.07, 6.45) is 7.57. The van der Waals surface area contributed by atoms with Gasteiger partial charge in [-0.15, -0.1) is 0 Å². The molecule has 4 aliphatic rings. The van der Waals surface area contributed by atoms with Gasteiger partial charge in [-0.25, -0.2) is 0 Å². The Morgan fingerprint density at radius 1 is 1.12 bits per heavy atom. The molecule has 1 N–H and O–H groups in total. The summed E-state index contributed by atoms with van der Waals surface area (Å²) in [5, 5.41) is 9.40. The third-order valence-corrected chi connectivity index (χ3v) is 8.03. The van der Waals surface area contributed by atoms with E-state index in [2.05, 4.69) is 27.7 Å². The normalized spacial score (nSPS) is 41.7. The fourth-order valence-electron chi connectivity index (χ4n) is 6.74. The van der Waals surface area contributed by atoms with Crippen LogP contribution in [0.4, 0.5) is 0 Å². The molecule has 0 saturated heterocycles. The van der Waals surface area contributed by atoms with Crippen LogP contribution in [0, 0.1) is 22.7 Å². The number of ether oxygens (including phenoxy) is 1. The molecule has 0 spiro atoms. The summed E-state index contributed by atoms with van der Waals surface area (Å²) in [5.74, 6) is 0.598. The van der Waals surface area contributed by atoms with Crippen LogP contribution in [-0.2, 0) is 14.3 Å². The zero-order valence-electron chi connectivity index (χ0n) is 16.4. The molecule has 0 bridgehead atoms. The van der Waals surface area contributed by atoms with Crippen molar-refractivity contribution in [2.45, 2.75) is 71.8 Å². The average Bonchev–Trinajstić information content (AvgIpc) is 2.56. The molecular formula is C22H30O4. The second kappa shape index (κ2) is 5.54. The minimum absolute atomic E-state index is 0.123. The highest BCUT2D eigenvalue weighted by Gasteiger charge is 2.61. The quantitative estimate of drug-likeness (QED) is 0.726. The van der Waals surface area contributed by atoms with Gasteiger partial charge in [-0.3, -0.25) is 9.59 Å². The van der Waals surface area contributed by atoms with E-state index >= 15 is 0 Å². The van der Waals surface area contributed by atoms with Crippen LogP contribution in [0.3, 0.4) is 0 Å². The van der Waals surface area contributed by atoms with Crippen molar-refractivity contribution in [1.82, 2.24) is 0 Å². The summed E-state index contributed by atoms with van der Waals surface area (Å²) in [7, 11) is 0. The van der Waals surface area contributed by atoms with Gasteiger partial charge in [0.25, 0.3) is 0 Å². The van der Waals surface area contributed by atoms with Crippen molar-refractivity contribution >= 4 is 11.6 Å². The van der Waals surface area contributed by atoms with Crippen LogP contribution in [0.1, 0.15) is 66.2 Å². The Kier molecular flexibility index (Phi) is 3.83. The molecule has 1 aliphatic heterocycles. The number of aliphatic hydroxyl groups is 1. The van der Waals surface area contributed by atoms with E-state index in [0.29, 0.717) is 23.3 Å². The number of fused-ring (bicyclic) bond motifs is 3. The van der Waals surface area contributed by atoms with E-state index in [1.165, 1.54) is 18.9 Å². The minimum atomic E-state index is -0.418. The molecule has 2 saturated carbocycles.